The molecule has 0 radical (unpaired) electrons. The van der Waals surface area contributed by atoms with Crippen molar-refractivity contribution in [2.75, 3.05) is 10.6 Å². The van der Waals surface area contributed by atoms with Crippen LogP contribution in [0.5, 0.6) is 0 Å². The van der Waals surface area contributed by atoms with Crippen LogP contribution >= 0.6 is 46.4 Å². The molecule has 4 aromatic heterocycles. The molecule has 2 fully saturated rings. The van der Waals surface area contributed by atoms with Gasteiger partial charge in [-0.1, -0.05) is 71.4 Å². The molecule has 8 rings (SSSR count). The van der Waals surface area contributed by atoms with E-state index in [0.29, 0.717) is 68.8 Å². The van der Waals surface area contributed by atoms with Crippen LogP contribution < -0.4 is 33.1 Å². The van der Waals surface area contributed by atoms with Crippen LogP contribution in [-0.4, -0.2) is 71.6 Å². The minimum atomic E-state index is -0.797. The fraction of sp³-hybridized carbons (Fsp3) is 0.429. The summed E-state index contributed by atoms with van der Waals surface area (Å²) in [6, 6.07) is 9.76. The first-order valence-corrected chi connectivity index (χ1v) is 22.0. The first-order valence-electron chi connectivity index (χ1n) is 20.5. The van der Waals surface area contributed by atoms with Gasteiger partial charge in [-0.3, -0.25) is 37.4 Å². The topological polar surface area (TPSA) is 222 Å². The molecule has 0 unspecified atom stereocenters. The van der Waals surface area contributed by atoms with Crippen LogP contribution in [0.1, 0.15) is 62.5 Å². The fourth-order valence-electron chi connectivity index (χ4n) is 8.52. The number of aryl methyl sites for hydroxylation is 4. The number of halogens is 4. The number of hydrogen-bond donors (Lipinski definition) is 4. The molecule has 0 spiro atoms. The third-order valence-corrected chi connectivity index (χ3v) is 13.6. The molecule has 2 aliphatic rings. The monoisotopic (exact) mass is 958 g/mol. The lowest BCUT2D eigenvalue weighted by Gasteiger charge is -2.27. The van der Waals surface area contributed by atoms with Crippen LogP contribution in [-0.2, 0) is 50.9 Å². The van der Waals surface area contributed by atoms with E-state index in [9.17, 15) is 39.0 Å². The molecule has 18 nitrogen and oxygen atoms in total. The Kier molecular flexibility index (Phi) is 13.7. The highest BCUT2D eigenvalue weighted by molar-refractivity contribution is 6.42. The van der Waals surface area contributed by atoms with Crippen LogP contribution in [0.25, 0.3) is 22.3 Å². The van der Waals surface area contributed by atoms with E-state index in [0.717, 1.165) is 34.8 Å². The highest BCUT2D eigenvalue weighted by atomic mass is 35.5. The van der Waals surface area contributed by atoms with Crippen molar-refractivity contribution in [2.45, 2.75) is 76.5 Å². The number of imidazole rings is 2. The van der Waals surface area contributed by atoms with Crippen LogP contribution in [0.15, 0.2) is 55.6 Å². The van der Waals surface area contributed by atoms with Crippen molar-refractivity contribution in [1.82, 2.24) is 37.4 Å². The Bertz CT molecular complexity index is 2860. The normalized spacial score (nSPS) is 18.8. The van der Waals surface area contributed by atoms with Crippen molar-refractivity contribution in [2.24, 2.45) is 40.0 Å². The zero-order valence-corrected chi connectivity index (χ0v) is 38.3. The minimum Gasteiger partial charge on any atom is -0.481 e. The highest BCUT2D eigenvalue weighted by Gasteiger charge is 2.30. The number of aliphatic carboxylic acids is 2. The summed E-state index contributed by atoms with van der Waals surface area (Å²) < 4.78 is 8.17. The number of aromatic nitrogens is 8. The number of carbonyl (C=O) groups is 2. The van der Waals surface area contributed by atoms with E-state index in [1.165, 1.54) is 9.13 Å². The second kappa shape index (κ2) is 18.9. The summed E-state index contributed by atoms with van der Waals surface area (Å²) in [4.78, 5) is 84.0. The molecule has 340 valence electrons. The van der Waals surface area contributed by atoms with Gasteiger partial charge in [0.15, 0.2) is 22.3 Å². The second-order valence-electron chi connectivity index (χ2n) is 16.4. The molecule has 22 heteroatoms. The average molecular weight is 961 g/mol. The number of hydrogen-bond acceptors (Lipinski definition) is 10. The lowest BCUT2D eigenvalue weighted by molar-refractivity contribution is -0.143. The maximum absolute atomic E-state index is 13.2. The lowest BCUT2D eigenvalue weighted by atomic mass is 9.86. The molecule has 2 aromatic carbocycles. The van der Waals surface area contributed by atoms with Gasteiger partial charge in [0.25, 0.3) is 11.1 Å². The minimum absolute atomic E-state index is 0.0369. The predicted molar refractivity (Wildman–Crippen MR) is 246 cm³/mol. The molecular formula is C42H46Cl4N10O8. The van der Waals surface area contributed by atoms with Crippen molar-refractivity contribution >= 4 is 92.6 Å². The zero-order chi connectivity index (χ0) is 46.3. The molecule has 4 N–H and O–H groups in total. The Morgan fingerprint density at radius 1 is 0.594 bits per heavy atom. The average Bonchev–Trinajstić information content (AvgIpc) is 3.77. The Balaban J connectivity index is 0.000000191. The van der Waals surface area contributed by atoms with Gasteiger partial charge in [0.05, 0.1) is 45.0 Å². The summed E-state index contributed by atoms with van der Waals surface area (Å²) in [6.45, 7) is 0.0738. The zero-order valence-electron chi connectivity index (χ0n) is 35.3. The molecule has 6 aromatic rings. The SMILES string of the molecule is Cn1c(N[C@@H]2CCC[C@@H](C(=O)O)C2)nc2c1c(=O)n(Cc1ccc(Cl)c(Cl)c1)c(=O)n2C.Cn1c(N[C@H]2CCC[C@H](C(=O)O)C2)nc2c1c(=O)n(Cc1ccc(Cl)c(Cl)c1)c(=O)n2C. The number of benzene rings is 2. The molecule has 0 amide bonds. The number of anilines is 2. The van der Waals surface area contributed by atoms with Crippen LogP contribution in [0.2, 0.25) is 20.1 Å². The summed E-state index contributed by atoms with van der Waals surface area (Å²) in [5.41, 5.74) is 0.487. The molecule has 0 saturated heterocycles. The Hall–Kier alpha value is -5.56. The third kappa shape index (κ3) is 9.32. The molecule has 2 aliphatic carbocycles. The number of carboxylic acids is 2. The highest BCUT2D eigenvalue weighted by Crippen LogP contribution is 2.29. The van der Waals surface area contributed by atoms with E-state index < -0.39 is 46.3 Å². The van der Waals surface area contributed by atoms with E-state index >= 15 is 0 Å². The lowest BCUT2D eigenvalue weighted by Crippen LogP contribution is -2.39. The largest absolute Gasteiger partial charge is 0.481 e. The fourth-order valence-corrected chi connectivity index (χ4v) is 9.16. The van der Waals surface area contributed by atoms with Gasteiger partial charge in [0.1, 0.15) is 0 Å². The molecule has 64 heavy (non-hydrogen) atoms. The van der Waals surface area contributed by atoms with Crippen LogP contribution in [0.3, 0.4) is 0 Å². The Morgan fingerprint density at radius 3 is 1.31 bits per heavy atom. The van der Waals surface area contributed by atoms with Gasteiger partial charge in [-0.2, -0.15) is 9.97 Å². The van der Waals surface area contributed by atoms with Gasteiger partial charge >= 0.3 is 23.3 Å². The summed E-state index contributed by atoms with van der Waals surface area (Å²) in [5, 5.41) is 26.7. The summed E-state index contributed by atoms with van der Waals surface area (Å²) in [5.74, 6) is -1.54. The number of nitrogens with one attached hydrogen (secondary N) is 2. The summed E-state index contributed by atoms with van der Waals surface area (Å²) in [7, 11) is 6.52. The third-order valence-electron chi connectivity index (χ3n) is 12.1. The maximum Gasteiger partial charge on any atom is 0.332 e. The molecule has 0 aliphatic heterocycles. The first-order chi connectivity index (χ1) is 30.3. The van der Waals surface area contributed by atoms with Gasteiger partial charge in [0.2, 0.25) is 11.9 Å². The van der Waals surface area contributed by atoms with Gasteiger partial charge in [0, 0.05) is 40.3 Å². The van der Waals surface area contributed by atoms with Gasteiger partial charge in [-0.25, -0.2) is 9.59 Å². The van der Waals surface area contributed by atoms with Gasteiger partial charge in [-0.15, -0.1) is 0 Å². The number of rotatable bonds is 10. The van der Waals surface area contributed by atoms with Crippen molar-refractivity contribution < 1.29 is 19.8 Å². The van der Waals surface area contributed by atoms with Gasteiger partial charge in [-0.05, 0) is 73.9 Å². The van der Waals surface area contributed by atoms with Crippen molar-refractivity contribution in [3.8, 4) is 0 Å². The van der Waals surface area contributed by atoms with E-state index in [4.69, 9.17) is 46.4 Å². The maximum atomic E-state index is 13.2. The molecule has 2 saturated carbocycles. The quantitative estimate of drug-likeness (QED) is 0.130. The molecule has 0 bridgehead atoms. The first kappa shape index (κ1) is 46.4. The van der Waals surface area contributed by atoms with E-state index in [-0.39, 0.29) is 47.5 Å². The Labute approximate surface area is 384 Å². The van der Waals surface area contributed by atoms with Crippen molar-refractivity contribution in [1.29, 1.82) is 0 Å². The van der Waals surface area contributed by atoms with Crippen LogP contribution in [0, 0.1) is 11.8 Å². The Morgan fingerprint density at radius 2 is 0.969 bits per heavy atom. The van der Waals surface area contributed by atoms with E-state index in [2.05, 4.69) is 20.6 Å². The standard InChI is InChI=1S/2C21H23Cl2N5O4/c2*1-26-16-17(25-20(26)24-13-5-3-4-12(9-13)19(30)31)27(2)21(32)28(18(16)29)10-11-6-7-14(22)15(23)8-11/h2*6-8,12-13H,3-5,9-10H2,1-2H3,(H,24,25)(H,30,31)/t2*12-,13-/m10/s1. The van der Waals surface area contributed by atoms with E-state index in [1.807, 2.05) is 0 Å². The number of carboxylic acid groups (broad SMARTS) is 2. The molecule has 4 atom stereocenters. The summed E-state index contributed by atoms with van der Waals surface area (Å²) >= 11 is 24.1. The predicted octanol–water partition coefficient (Wildman–Crippen LogP) is 5.69. The number of fused-ring (bicyclic) bond motifs is 2. The second-order valence-corrected chi connectivity index (χ2v) is 18.0. The molecular weight excluding hydrogens is 914 g/mol. The summed E-state index contributed by atoms with van der Waals surface area (Å²) in [6.07, 6.45) is 5.51. The van der Waals surface area contributed by atoms with Crippen molar-refractivity contribution in [3.63, 3.8) is 0 Å². The molecule has 4 heterocycles. The van der Waals surface area contributed by atoms with E-state index in [1.54, 1.807) is 73.7 Å². The smallest absolute Gasteiger partial charge is 0.332 e. The van der Waals surface area contributed by atoms with Crippen molar-refractivity contribution in [3.05, 3.63) is 109 Å². The van der Waals surface area contributed by atoms with Crippen LogP contribution in [0.4, 0.5) is 11.9 Å². The number of nitrogens with zero attached hydrogens (tertiary/aromatic N) is 8. The van der Waals surface area contributed by atoms with Gasteiger partial charge < -0.3 is 30.0 Å².